The summed E-state index contributed by atoms with van der Waals surface area (Å²) >= 11 is 0. The van der Waals surface area contributed by atoms with Gasteiger partial charge in [0.25, 0.3) is 0 Å². The van der Waals surface area contributed by atoms with Crippen molar-refractivity contribution in [1.82, 2.24) is 4.57 Å². The van der Waals surface area contributed by atoms with Crippen LogP contribution in [0.3, 0.4) is 0 Å². The maximum atomic E-state index is 10.7. The number of hydrogen-bond donors (Lipinski definition) is 1. The molecule has 0 saturated heterocycles. The molecule has 1 aromatic heterocycles. The number of carbonyl (C=O) groups is 1. The van der Waals surface area contributed by atoms with Crippen LogP contribution in [0.15, 0.2) is 42.6 Å². The van der Waals surface area contributed by atoms with E-state index in [4.69, 9.17) is 5.11 Å². The molecule has 0 unspecified atom stereocenters. The Morgan fingerprint density at radius 2 is 2.19 bits per heavy atom. The van der Waals surface area contributed by atoms with Gasteiger partial charge in [0.1, 0.15) is 0 Å². The number of rotatable bonds is 3. The van der Waals surface area contributed by atoms with E-state index in [2.05, 4.69) is 12.6 Å². The second-order valence-electron chi connectivity index (χ2n) is 3.91. The standard InChI is InChI=1S/C13H13NO2/c1-9-3-4-12-11(7-9)5-6-14(12)8-10(2)13(15)16/h3-7H,2,8H2,1H3,(H,15,16). The van der Waals surface area contributed by atoms with E-state index in [1.54, 1.807) is 0 Å². The number of carboxylic acid groups (broad SMARTS) is 1. The molecule has 3 heteroatoms. The quantitative estimate of drug-likeness (QED) is 0.799. The third-order valence-corrected chi connectivity index (χ3v) is 2.59. The van der Waals surface area contributed by atoms with Crippen LogP contribution in [-0.4, -0.2) is 15.6 Å². The second kappa shape index (κ2) is 3.85. The van der Waals surface area contributed by atoms with Gasteiger partial charge in [-0.15, -0.1) is 0 Å². The van der Waals surface area contributed by atoms with Gasteiger partial charge >= 0.3 is 5.97 Å². The molecule has 0 fully saturated rings. The van der Waals surface area contributed by atoms with Crippen LogP contribution in [0.4, 0.5) is 0 Å². The van der Waals surface area contributed by atoms with Crippen LogP contribution < -0.4 is 0 Å². The molecule has 3 nitrogen and oxygen atoms in total. The van der Waals surface area contributed by atoms with E-state index in [1.807, 2.05) is 35.9 Å². The Labute approximate surface area is 93.6 Å². The van der Waals surface area contributed by atoms with Gasteiger partial charge in [-0.25, -0.2) is 4.79 Å². The zero-order valence-corrected chi connectivity index (χ0v) is 9.10. The third kappa shape index (κ3) is 1.84. The first kappa shape index (κ1) is 10.5. The number of nitrogens with zero attached hydrogens (tertiary/aromatic N) is 1. The Kier molecular flexibility index (Phi) is 2.52. The molecular formula is C13H13NO2. The smallest absolute Gasteiger partial charge is 0.332 e. The lowest BCUT2D eigenvalue weighted by Gasteiger charge is -2.05. The highest BCUT2D eigenvalue weighted by molar-refractivity contribution is 5.86. The summed E-state index contributed by atoms with van der Waals surface area (Å²) in [5, 5.41) is 9.91. The first-order chi connectivity index (χ1) is 7.58. The molecule has 0 radical (unpaired) electrons. The molecule has 0 bridgehead atoms. The van der Waals surface area contributed by atoms with Crippen LogP contribution in [0.25, 0.3) is 10.9 Å². The van der Waals surface area contributed by atoms with Gasteiger partial charge in [0.15, 0.2) is 0 Å². The van der Waals surface area contributed by atoms with Crippen molar-refractivity contribution in [2.75, 3.05) is 0 Å². The van der Waals surface area contributed by atoms with Crippen molar-refractivity contribution in [3.63, 3.8) is 0 Å². The van der Waals surface area contributed by atoms with Gasteiger partial charge < -0.3 is 9.67 Å². The van der Waals surface area contributed by atoms with Crippen LogP contribution in [0, 0.1) is 6.92 Å². The monoisotopic (exact) mass is 215 g/mol. The predicted molar refractivity (Wildman–Crippen MR) is 63.5 cm³/mol. The van der Waals surface area contributed by atoms with Gasteiger partial charge in [-0.3, -0.25) is 0 Å². The Hall–Kier alpha value is -2.03. The number of hydrogen-bond acceptors (Lipinski definition) is 1. The second-order valence-corrected chi connectivity index (χ2v) is 3.91. The van der Waals surface area contributed by atoms with E-state index in [0.29, 0.717) is 6.54 Å². The number of aliphatic carboxylic acids is 1. The van der Waals surface area contributed by atoms with E-state index in [1.165, 1.54) is 5.56 Å². The summed E-state index contributed by atoms with van der Waals surface area (Å²) in [6.45, 7) is 5.89. The molecule has 0 amide bonds. The SMILES string of the molecule is C=C(Cn1ccc2cc(C)ccc21)C(=O)O. The largest absolute Gasteiger partial charge is 0.478 e. The van der Waals surface area contributed by atoms with Crippen LogP contribution in [-0.2, 0) is 11.3 Å². The molecule has 82 valence electrons. The average Bonchev–Trinajstić information content (AvgIpc) is 2.60. The zero-order chi connectivity index (χ0) is 11.7. The normalized spacial score (nSPS) is 10.6. The van der Waals surface area contributed by atoms with Crippen LogP contribution in [0.2, 0.25) is 0 Å². The summed E-state index contributed by atoms with van der Waals surface area (Å²) in [6, 6.07) is 8.08. The first-order valence-corrected chi connectivity index (χ1v) is 5.04. The maximum Gasteiger partial charge on any atom is 0.332 e. The molecule has 2 aromatic rings. The van der Waals surface area contributed by atoms with Crippen LogP contribution >= 0.6 is 0 Å². The van der Waals surface area contributed by atoms with Crippen LogP contribution in [0.1, 0.15) is 5.56 Å². The van der Waals surface area contributed by atoms with Crippen LogP contribution in [0.5, 0.6) is 0 Å². The fourth-order valence-electron chi connectivity index (χ4n) is 1.73. The van der Waals surface area contributed by atoms with Crippen molar-refractivity contribution in [3.8, 4) is 0 Å². The number of benzene rings is 1. The summed E-state index contributed by atoms with van der Waals surface area (Å²) in [4.78, 5) is 10.7. The van der Waals surface area contributed by atoms with Crippen molar-refractivity contribution < 1.29 is 9.90 Å². The fourth-order valence-corrected chi connectivity index (χ4v) is 1.73. The number of aryl methyl sites for hydroxylation is 1. The Morgan fingerprint density at radius 1 is 1.44 bits per heavy atom. The Bertz CT molecular complexity index is 566. The summed E-state index contributed by atoms with van der Waals surface area (Å²) in [6.07, 6.45) is 1.89. The average molecular weight is 215 g/mol. The molecule has 0 saturated carbocycles. The van der Waals surface area contributed by atoms with Crippen molar-refractivity contribution in [2.24, 2.45) is 0 Å². The van der Waals surface area contributed by atoms with E-state index in [9.17, 15) is 4.79 Å². The summed E-state index contributed by atoms with van der Waals surface area (Å²) < 4.78 is 1.89. The van der Waals surface area contributed by atoms with Gasteiger partial charge in [0, 0.05) is 17.3 Å². The Morgan fingerprint density at radius 3 is 2.88 bits per heavy atom. The molecule has 2 rings (SSSR count). The molecule has 0 spiro atoms. The zero-order valence-electron chi connectivity index (χ0n) is 9.10. The fraction of sp³-hybridized carbons (Fsp3) is 0.154. The highest BCUT2D eigenvalue weighted by Crippen LogP contribution is 2.18. The van der Waals surface area contributed by atoms with Crippen molar-refractivity contribution in [2.45, 2.75) is 13.5 Å². The topological polar surface area (TPSA) is 42.2 Å². The summed E-state index contributed by atoms with van der Waals surface area (Å²) in [5.74, 6) is -0.950. The number of fused-ring (bicyclic) bond motifs is 1. The van der Waals surface area contributed by atoms with E-state index >= 15 is 0 Å². The maximum absolute atomic E-state index is 10.7. The van der Waals surface area contributed by atoms with Gasteiger partial charge in [-0.2, -0.15) is 0 Å². The van der Waals surface area contributed by atoms with Crippen molar-refractivity contribution in [3.05, 3.63) is 48.2 Å². The molecule has 0 atom stereocenters. The molecule has 1 N–H and O–H groups in total. The Balaban J connectivity index is 2.39. The van der Waals surface area contributed by atoms with Crippen molar-refractivity contribution in [1.29, 1.82) is 0 Å². The minimum Gasteiger partial charge on any atom is -0.478 e. The molecule has 0 aliphatic rings. The van der Waals surface area contributed by atoms with E-state index in [-0.39, 0.29) is 5.57 Å². The van der Waals surface area contributed by atoms with Gasteiger partial charge in [0.2, 0.25) is 0 Å². The first-order valence-electron chi connectivity index (χ1n) is 5.04. The summed E-state index contributed by atoms with van der Waals surface area (Å²) in [7, 11) is 0. The summed E-state index contributed by atoms with van der Waals surface area (Å²) in [5.41, 5.74) is 2.42. The molecule has 0 aliphatic carbocycles. The van der Waals surface area contributed by atoms with Crippen molar-refractivity contribution >= 4 is 16.9 Å². The minimum atomic E-state index is -0.950. The lowest BCUT2D eigenvalue weighted by molar-refractivity contribution is -0.132. The minimum absolute atomic E-state index is 0.193. The number of carboxylic acids is 1. The molecule has 1 aromatic carbocycles. The lowest BCUT2D eigenvalue weighted by atomic mass is 10.2. The van der Waals surface area contributed by atoms with Gasteiger partial charge in [0.05, 0.1) is 6.54 Å². The molecular weight excluding hydrogens is 202 g/mol. The molecule has 0 aliphatic heterocycles. The third-order valence-electron chi connectivity index (χ3n) is 2.59. The predicted octanol–water partition coefficient (Wildman–Crippen LogP) is 2.59. The molecule has 1 heterocycles. The number of aromatic nitrogens is 1. The highest BCUT2D eigenvalue weighted by Gasteiger charge is 2.07. The highest BCUT2D eigenvalue weighted by atomic mass is 16.4. The lowest BCUT2D eigenvalue weighted by Crippen LogP contribution is -2.07. The van der Waals surface area contributed by atoms with Gasteiger partial charge in [-0.1, -0.05) is 18.2 Å². The van der Waals surface area contributed by atoms with E-state index in [0.717, 1.165) is 10.9 Å². The molecule has 16 heavy (non-hydrogen) atoms. The van der Waals surface area contributed by atoms with Gasteiger partial charge in [-0.05, 0) is 30.5 Å². The van der Waals surface area contributed by atoms with E-state index < -0.39 is 5.97 Å².